The van der Waals surface area contributed by atoms with Crippen LogP contribution in [0.1, 0.15) is 40.5 Å². The van der Waals surface area contributed by atoms with Gasteiger partial charge in [0.05, 0.1) is 0 Å². The fourth-order valence-electron chi connectivity index (χ4n) is 0.916. The third kappa shape index (κ3) is 14.0. The van der Waals surface area contributed by atoms with Crippen molar-refractivity contribution >= 4 is 11.6 Å². The molecule has 0 unspecified atom stereocenters. The van der Waals surface area contributed by atoms with Gasteiger partial charge in [0.25, 0.3) is 0 Å². The van der Waals surface area contributed by atoms with Gasteiger partial charge in [-0.1, -0.05) is 33.1 Å². The first-order valence-electron chi connectivity index (χ1n) is 6.59. The van der Waals surface area contributed by atoms with Gasteiger partial charge in [-0.25, -0.2) is 0 Å². The van der Waals surface area contributed by atoms with Gasteiger partial charge in [0, 0.05) is 25.2 Å². The summed E-state index contributed by atoms with van der Waals surface area (Å²) in [6.07, 6.45) is 4.66. The smallest absolute Gasteiger partial charge is 0.157 e. The van der Waals surface area contributed by atoms with Crippen molar-refractivity contribution in [2.75, 3.05) is 0 Å². The van der Waals surface area contributed by atoms with Gasteiger partial charge in [-0.15, -0.1) is 0 Å². The highest BCUT2D eigenvalue weighted by Crippen LogP contribution is 1.92. The molecule has 3 heteroatoms. The Bertz CT molecular complexity index is 369. The number of carbonyl (C=O) groups is 2. The summed E-state index contributed by atoms with van der Waals surface area (Å²) in [4.78, 5) is 24.6. The molecule has 0 bridgehead atoms. The highest BCUT2D eigenvalue weighted by atomic mass is 16.1. The van der Waals surface area contributed by atoms with Gasteiger partial charge >= 0.3 is 0 Å². The van der Waals surface area contributed by atoms with E-state index in [1.807, 2.05) is 32.0 Å². The number of rotatable bonds is 4. The van der Waals surface area contributed by atoms with E-state index in [0.29, 0.717) is 24.0 Å². The molecule has 1 rings (SSSR count). The molecule has 20 heavy (non-hydrogen) atoms. The second kappa shape index (κ2) is 13.4. The molecule has 0 radical (unpaired) electrons. The van der Waals surface area contributed by atoms with E-state index in [1.54, 1.807) is 26.2 Å². The number of hydrogen-bond acceptors (Lipinski definition) is 3. The number of Topliss-reactive ketones (excluding diaryl/α,β-unsaturated/α-hetero) is 2. The number of ketones is 2. The third-order valence-corrected chi connectivity index (χ3v) is 2.16. The van der Waals surface area contributed by atoms with Crippen LogP contribution in [0.3, 0.4) is 0 Å². The summed E-state index contributed by atoms with van der Waals surface area (Å²) in [5.41, 5.74) is 1.31. The zero-order chi connectivity index (χ0) is 16.0. The van der Waals surface area contributed by atoms with Crippen molar-refractivity contribution in [2.45, 2.75) is 40.5 Å². The Morgan fingerprint density at radius 1 is 0.850 bits per heavy atom. The quantitative estimate of drug-likeness (QED) is 0.775. The number of aromatic nitrogens is 1. The van der Waals surface area contributed by atoms with Gasteiger partial charge in [-0.3, -0.25) is 14.6 Å². The minimum atomic E-state index is 0.153. The fourth-order valence-corrected chi connectivity index (χ4v) is 0.916. The number of hydrogen-bond donors (Lipinski definition) is 0. The summed E-state index contributed by atoms with van der Waals surface area (Å²) < 4.78 is 0. The lowest BCUT2D eigenvalue weighted by Crippen LogP contribution is -1.93. The molecule has 0 amide bonds. The predicted molar refractivity (Wildman–Crippen MR) is 84.5 cm³/mol. The lowest BCUT2D eigenvalue weighted by molar-refractivity contribution is -0.116. The lowest BCUT2D eigenvalue weighted by Gasteiger charge is -1.87. The minimum Gasteiger partial charge on any atom is -0.295 e. The van der Waals surface area contributed by atoms with E-state index in [0.717, 1.165) is 0 Å². The predicted octanol–water partition coefficient (Wildman–Crippen LogP) is 4.16. The van der Waals surface area contributed by atoms with Crippen LogP contribution in [-0.4, -0.2) is 16.6 Å². The van der Waals surface area contributed by atoms with Crippen LogP contribution in [0.25, 0.3) is 0 Å². The molecule has 0 atom stereocenters. The summed E-state index contributed by atoms with van der Waals surface area (Å²) in [6.45, 7) is 14.1. The van der Waals surface area contributed by atoms with Crippen LogP contribution in [0.4, 0.5) is 0 Å². The topological polar surface area (TPSA) is 47.0 Å². The van der Waals surface area contributed by atoms with Crippen molar-refractivity contribution in [3.63, 3.8) is 0 Å². The van der Waals surface area contributed by atoms with Gasteiger partial charge in [-0.2, -0.15) is 0 Å². The number of carbonyl (C=O) groups excluding carboxylic acids is 2. The van der Waals surface area contributed by atoms with E-state index in [1.165, 1.54) is 0 Å². The Labute approximate surface area is 122 Å². The van der Waals surface area contributed by atoms with E-state index < -0.39 is 0 Å². The molecule has 0 aromatic carbocycles. The summed E-state index contributed by atoms with van der Waals surface area (Å²) in [5, 5.41) is 0. The second-order valence-electron chi connectivity index (χ2n) is 4.14. The Hall–Kier alpha value is -2.03. The molecule has 1 heterocycles. The van der Waals surface area contributed by atoms with Crippen molar-refractivity contribution in [3.05, 3.63) is 54.9 Å². The SMILES string of the molecule is C=C(C)C(=O)CC.C=C(C)C(=O)CC.c1ccncc1. The molecular weight excluding hydrogens is 250 g/mol. The van der Waals surface area contributed by atoms with Gasteiger partial charge in [0.1, 0.15) is 0 Å². The first-order valence-corrected chi connectivity index (χ1v) is 6.59. The van der Waals surface area contributed by atoms with Crippen molar-refractivity contribution in [1.82, 2.24) is 4.98 Å². The average molecular weight is 275 g/mol. The van der Waals surface area contributed by atoms with E-state index in [4.69, 9.17) is 0 Å². The van der Waals surface area contributed by atoms with E-state index in [2.05, 4.69) is 18.1 Å². The second-order valence-corrected chi connectivity index (χ2v) is 4.14. The Morgan fingerprint density at radius 3 is 1.25 bits per heavy atom. The monoisotopic (exact) mass is 275 g/mol. The number of nitrogens with zero attached hydrogens (tertiary/aromatic N) is 1. The molecule has 110 valence electrons. The molecule has 0 saturated carbocycles. The maximum Gasteiger partial charge on any atom is 0.157 e. The van der Waals surface area contributed by atoms with Crippen LogP contribution in [0, 0.1) is 0 Å². The van der Waals surface area contributed by atoms with Crippen molar-refractivity contribution in [2.24, 2.45) is 0 Å². The van der Waals surface area contributed by atoms with Gasteiger partial charge < -0.3 is 0 Å². The highest BCUT2D eigenvalue weighted by molar-refractivity contribution is 5.94. The standard InChI is InChI=1S/2C6H10O.C5H5N/c2*1-4-6(7)5(2)3;1-2-4-6-5-3-1/h2*2,4H2,1,3H3;1-5H. The molecule has 1 aromatic heterocycles. The largest absolute Gasteiger partial charge is 0.295 e. The summed E-state index contributed by atoms with van der Waals surface area (Å²) in [5.74, 6) is 0.306. The average Bonchev–Trinajstić information content (AvgIpc) is 2.48. The first kappa shape index (κ1) is 20.3. The van der Waals surface area contributed by atoms with Crippen molar-refractivity contribution < 1.29 is 9.59 Å². The van der Waals surface area contributed by atoms with Crippen molar-refractivity contribution in [3.8, 4) is 0 Å². The molecule has 0 aliphatic carbocycles. The molecule has 0 aliphatic heterocycles. The zero-order valence-electron chi connectivity index (χ0n) is 13.0. The summed E-state index contributed by atoms with van der Waals surface area (Å²) in [7, 11) is 0. The van der Waals surface area contributed by atoms with Crippen LogP contribution >= 0.6 is 0 Å². The van der Waals surface area contributed by atoms with Crippen molar-refractivity contribution in [1.29, 1.82) is 0 Å². The third-order valence-electron chi connectivity index (χ3n) is 2.16. The van der Waals surface area contributed by atoms with Crippen LogP contribution in [0.2, 0.25) is 0 Å². The van der Waals surface area contributed by atoms with Crippen LogP contribution in [0.5, 0.6) is 0 Å². The molecule has 0 spiro atoms. The van der Waals surface area contributed by atoms with E-state index in [9.17, 15) is 9.59 Å². The maximum absolute atomic E-state index is 10.4. The van der Waals surface area contributed by atoms with Gasteiger partial charge in [0.2, 0.25) is 0 Å². The highest BCUT2D eigenvalue weighted by Gasteiger charge is 1.94. The minimum absolute atomic E-state index is 0.153. The molecular formula is C17H25NO2. The molecule has 1 aromatic rings. The van der Waals surface area contributed by atoms with Crippen LogP contribution in [-0.2, 0) is 9.59 Å². The van der Waals surface area contributed by atoms with Gasteiger partial charge in [0.15, 0.2) is 11.6 Å². The normalized spacial score (nSPS) is 8.20. The summed E-state index contributed by atoms with van der Waals surface area (Å²) >= 11 is 0. The number of pyridine rings is 1. The molecule has 0 N–H and O–H groups in total. The first-order chi connectivity index (χ1) is 9.36. The molecule has 0 aliphatic rings. The van der Waals surface area contributed by atoms with E-state index >= 15 is 0 Å². The Balaban J connectivity index is 0. The maximum atomic E-state index is 10.4. The summed E-state index contributed by atoms with van der Waals surface area (Å²) in [6, 6.07) is 5.72. The molecule has 0 saturated heterocycles. The molecule has 3 nitrogen and oxygen atoms in total. The number of allylic oxidation sites excluding steroid dienone is 2. The molecule has 0 fully saturated rings. The van der Waals surface area contributed by atoms with Crippen LogP contribution in [0.15, 0.2) is 54.9 Å². The fraction of sp³-hybridized carbons (Fsp3) is 0.353. The van der Waals surface area contributed by atoms with E-state index in [-0.39, 0.29) is 11.6 Å². The Kier molecular flexibility index (Phi) is 13.6. The Morgan fingerprint density at radius 2 is 1.20 bits per heavy atom. The van der Waals surface area contributed by atoms with Crippen LogP contribution < -0.4 is 0 Å². The zero-order valence-corrected chi connectivity index (χ0v) is 13.0. The van der Waals surface area contributed by atoms with Gasteiger partial charge in [-0.05, 0) is 37.1 Å². The lowest BCUT2D eigenvalue weighted by atomic mass is 10.2.